The molecule has 0 radical (unpaired) electrons. The van der Waals surface area contributed by atoms with Gasteiger partial charge >= 0.3 is 0 Å². The van der Waals surface area contributed by atoms with Crippen molar-refractivity contribution < 1.29 is 9.90 Å². The van der Waals surface area contributed by atoms with E-state index in [2.05, 4.69) is 21.5 Å². The molecule has 0 bridgehead atoms. The number of rotatable bonds is 5. The SMILES string of the molecule is CCCNC(=O)c1ccc(-n2ncc(-c3ccc(C#N)cc3)c2O)nc1. The number of nitriles is 1. The van der Waals surface area contributed by atoms with Crippen molar-refractivity contribution in [3.8, 4) is 28.9 Å². The van der Waals surface area contributed by atoms with Crippen molar-refractivity contribution >= 4 is 5.91 Å². The summed E-state index contributed by atoms with van der Waals surface area (Å²) in [5.74, 6) is 0.147. The quantitative estimate of drug-likeness (QED) is 0.738. The van der Waals surface area contributed by atoms with Crippen LogP contribution in [-0.2, 0) is 0 Å². The minimum atomic E-state index is -0.186. The molecule has 2 heterocycles. The highest BCUT2D eigenvalue weighted by atomic mass is 16.3. The Balaban J connectivity index is 1.85. The summed E-state index contributed by atoms with van der Waals surface area (Å²) in [5, 5.41) is 26.3. The van der Waals surface area contributed by atoms with Gasteiger partial charge in [-0.2, -0.15) is 15.0 Å². The molecule has 0 saturated carbocycles. The van der Waals surface area contributed by atoms with E-state index in [4.69, 9.17) is 5.26 Å². The lowest BCUT2D eigenvalue weighted by molar-refractivity contribution is 0.0953. The van der Waals surface area contributed by atoms with Crippen molar-refractivity contribution in [2.75, 3.05) is 6.54 Å². The van der Waals surface area contributed by atoms with Crippen LogP contribution in [0.25, 0.3) is 16.9 Å². The molecule has 26 heavy (non-hydrogen) atoms. The van der Waals surface area contributed by atoms with Gasteiger partial charge in [-0.25, -0.2) is 4.98 Å². The Labute approximate surface area is 150 Å². The highest BCUT2D eigenvalue weighted by Gasteiger charge is 2.14. The summed E-state index contributed by atoms with van der Waals surface area (Å²) < 4.78 is 1.29. The van der Waals surface area contributed by atoms with Gasteiger partial charge in [-0.05, 0) is 36.2 Å². The van der Waals surface area contributed by atoms with E-state index in [0.29, 0.717) is 29.1 Å². The van der Waals surface area contributed by atoms with Crippen molar-refractivity contribution in [3.63, 3.8) is 0 Å². The summed E-state index contributed by atoms with van der Waals surface area (Å²) >= 11 is 0. The minimum absolute atomic E-state index is 0.0645. The number of nitrogens with one attached hydrogen (secondary N) is 1. The molecule has 0 unspecified atom stereocenters. The van der Waals surface area contributed by atoms with Crippen LogP contribution >= 0.6 is 0 Å². The van der Waals surface area contributed by atoms with E-state index < -0.39 is 0 Å². The van der Waals surface area contributed by atoms with Gasteiger partial charge in [-0.15, -0.1) is 0 Å². The van der Waals surface area contributed by atoms with Crippen molar-refractivity contribution in [2.24, 2.45) is 0 Å². The lowest BCUT2D eigenvalue weighted by atomic mass is 10.1. The lowest BCUT2D eigenvalue weighted by Crippen LogP contribution is -2.24. The molecule has 1 amide bonds. The lowest BCUT2D eigenvalue weighted by Gasteiger charge is -2.06. The second kappa shape index (κ2) is 7.49. The monoisotopic (exact) mass is 347 g/mol. The first-order chi connectivity index (χ1) is 12.6. The third-order valence-corrected chi connectivity index (χ3v) is 3.83. The number of carbonyl (C=O) groups excluding carboxylic acids is 1. The van der Waals surface area contributed by atoms with Crippen molar-refractivity contribution in [2.45, 2.75) is 13.3 Å². The molecule has 7 nitrogen and oxygen atoms in total. The highest BCUT2D eigenvalue weighted by molar-refractivity contribution is 5.93. The van der Waals surface area contributed by atoms with Crippen LogP contribution in [0.15, 0.2) is 48.8 Å². The molecule has 2 aromatic heterocycles. The van der Waals surface area contributed by atoms with E-state index in [1.165, 1.54) is 17.1 Å². The standard InChI is InChI=1S/C19H17N5O2/c1-2-9-21-18(25)15-7-8-17(22-11-15)24-19(26)16(12-23-24)14-5-3-13(10-20)4-6-14/h3-8,11-12,26H,2,9H2,1H3,(H,21,25). The number of carbonyl (C=O) groups is 1. The molecular formula is C19H17N5O2. The molecule has 0 saturated heterocycles. The molecule has 1 aromatic carbocycles. The summed E-state index contributed by atoms with van der Waals surface area (Å²) in [7, 11) is 0. The van der Waals surface area contributed by atoms with Gasteiger partial charge in [0.25, 0.3) is 5.91 Å². The summed E-state index contributed by atoms with van der Waals surface area (Å²) in [6.45, 7) is 2.59. The van der Waals surface area contributed by atoms with Crippen molar-refractivity contribution in [1.29, 1.82) is 5.26 Å². The molecular weight excluding hydrogens is 330 g/mol. The fourth-order valence-corrected chi connectivity index (χ4v) is 2.42. The van der Waals surface area contributed by atoms with Gasteiger partial charge < -0.3 is 10.4 Å². The smallest absolute Gasteiger partial charge is 0.252 e. The Morgan fingerprint density at radius 2 is 2.00 bits per heavy atom. The average Bonchev–Trinajstić information content (AvgIpc) is 3.07. The molecule has 130 valence electrons. The van der Waals surface area contributed by atoms with E-state index >= 15 is 0 Å². The zero-order chi connectivity index (χ0) is 18.5. The fraction of sp³-hybridized carbons (Fsp3) is 0.158. The van der Waals surface area contributed by atoms with Crippen LogP contribution in [0.4, 0.5) is 0 Å². The predicted octanol–water partition coefficient (Wildman–Crippen LogP) is 2.65. The molecule has 0 atom stereocenters. The fourth-order valence-electron chi connectivity index (χ4n) is 2.42. The van der Waals surface area contributed by atoms with E-state index in [1.54, 1.807) is 36.4 Å². The van der Waals surface area contributed by atoms with Crippen LogP contribution in [0.5, 0.6) is 5.88 Å². The van der Waals surface area contributed by atoms with Crippen molar-refractivity contribution in [3.05, 3.63) is 59.9 Å². The van der Waals surface area contributed by atoms with Gasteiger partial charge in [0.1, 0.15) is 0 Å². The van der Waals surface area contributed by atoms with Gasteiger partial charge in [-0.1, -0.05) is 19.1 Å². The third-order valence-electron chi connectivity index (χ3n) is 3.83. The molecule has 7 heteroatoms. The number of pyridine rings is 1. The normalized spacial score (nSPS) is 10.3. The Morgan fingerprint density at radius 1 is 1.23 bits per heavy atom. The van der Waals surface area contributed by atoms with E-state index in [1.807, 2.05) is 6.92 Å². The van der Waals surface area contributed by atoms with Gasteiger partial charge in [-0.3, -0.25) is 4.79 Å². The number of aromatic nitrogens is 3. The van der Waals surface area contributed by atoms with Crippen molar-refractivity contribution in [1.82, 2.24) is 20.1 Å². The second-order valence-electron chi connectivity index (χ2n) is 5.64. The largest absolute Gasteiger partial charge is 0.493 e. The first kappa shape index (κ1) is 17.2. The summed E-state index contributed by atoms with van der Waals surface area (Å²) in [5.41, 5.74) is 2.25. The van der Waals surface area contributed by atoms with Gasteiger partial charge in [0, 0.05) is 12.7 Å². The Bertz CT molecular complexity index is 953. The molecule has 3 aromatic rings. The second-order valence-corrected chi connectivity index (χ2v) is 5.64. The third kappa shape index (κ3) is 3.39. The zero-order valence-corrected chi connectivity index (χ0v) is 14.2. The van der Waals surface area contributed by atoms with E-state index in [0.717, 1.165) is 12.0 Å². The van der Waals surface area contributed by atoms with E-state index in [9.17, 15) is 9.90 Å². The number of nitrogens with zero attached hydrogens (tertiary/aromatic N) is 4. The number of hydrogen-bond donors (Lipinski definition) is 2. The Kier molecular flexibility index (Phi) is 4.94. The maximum atomic E-state index is 11.9. The maximum Gasteiger partial charge on any atom is 0.252 e. The van der Waals surface area contributed by atoms with Crippen LogP contribution in [0.3, 0.4) is 0 Å². The van der Waals surface area contributed by atoms with Gasteiger partial charge in [0.15, 0.2) is 5.82 Å². The van der Waals surface area contributed by atoms with Crippen LogP contribution in [0.2, 0.25) is 0 Å². The topological polar surface area (TPSA) is 104 Å². The van der Waals surface area contributed by atoms with Crippen LogP contribution in [0, 0.1) is 11.3 Å². The number of aromatic hydroxyl groups is 1. The highest BCUT2D eigenvalue weighted by Crippen LogP contribution is 2.30. The zero-order valence-electron chi connectivity index (χ0n) is 14.2. The Morgan fingerprint density at radius 3 is 2.62 bits per heavy atom. The molecule has 2 N–H and O–H groups in total. The first-order valence-corrected chi connectivity index (χ1v) is 8.16. The molecule has 0 aliphatic rings. The maximum absolute atomic E-state index is 11.9. The first-order valence-electron chi connectivity index (χ1n) is 8.16. The summed E-state index contributed by atoms with van der Waals surface area (Å²) in [6.07, 6.45) is 3.83. The molecule has 0 spiro atoms. The number of benzene rings is 1. The molecule has 3 rings (SSSR count). The van der Waals surface area contributed by atoms with Gasteiger partial charge in [0.05, 0.1) is 29.0 Å². The van der Waals surface area contributed by atoms with Crippen LogP contribution in [-0.4, -0.2) is 32.3 Å². The predicted molar refractivity (Wildman–Crippen MR) is 95.8 cm³/mol. The minimum Gasteiger partial charge on any atom is -0.493 e. The molecule has 0 aliphatic heterocycles. The van der Waals surface area contributed by atoms with Crippen LogP contribution in [0.1, 0.15) is 29.3 Å². The Hall–Kier alpha value is -3.66. The molecule has 0 aliphatic carbocycles. The number of amides is 1. The molecule has 0 fully saturated rings. The summed E-state index contributed by atoms with van der Waals surface area (Å²) in [6, 6.07) is 12.1. The number of hydrogen-bond acceptors (Lipinski definition) is 5. The van der Waals surface area contributed by atoms with E-state index in [-0.39, 0.29) is 11.8 Å². The average molecular weight is 347 g/mol. The summed E-state index contributed by atoms with van der Waals surface area (Å²) in [4.78, 5) is 16.1. The van der Waals surface area contributed by atoms with Gasteiger partial charge in [0.2, 0.25) is 5.88 Å². The van der Waals surface area contributed by atoms with Crippen LogP contribution < -0.4 is 5.32 Å².